The molecule has 4 nitrogen and oxygen atoms in total. The SMILES string of the molecule is Cc1ncc(CNC(=O)c2cccnc2SC(F)F)s1. The molecule has 2 aromatic rings. The summed E-state index contributed by atoms with van der Waals surface area (Å²) in [6.07, 6.45) is 3.06. The zero-order valence-electron chi connectivity index (χ0n) is 10.5. The largest absolute Gasteiger partial charge is 0.347 e. The van der Waals surface area contributed by atoms with Crippen LogP contribution < -0.4 is 5.32 Å². The first kappa shape index (κ1) is 14.9. The lowest BCUT2D eigenvalue weighted by atomic mass is 10.2. The molecular formula is C12H11F2N3OS2. The molecule has 0 aliphatic heterocycles. The number of thiazole rings is 1. The van der Waals surface area contributed by atoms with E-state index in [-0.39, 0.29) is 22.4 Å². The van der Waals surface area contributed by atoms with E-state index >= 15 is 0 Å². The van der Waals surface area contributed by atoms with Gasteiger partial charge < -0.3 is 5.32 Å². The molecule has 0 radical (unpaired) electrons. The number of hydrogen-bond donors (Lipinski definition) is 1. The van der Waals surface area contributed by atoms with Crippen LogP contribution in [0.2, 0.25) is 0 Å². The van der Waals surface area contributed by atoms with Gasteiger partial charge in [0.1, 0.15) is 5.03 Å². The van der Waals surface area contributed by atoms with Gasteiger partial charge in [0.2, 0.25) is 0 Å². The van der Waals surface area contributed by atoms with Crippen LogP contribution in [0, 0.1) is 6.92 Å². The van der Waals surface area contributed by atoms with Crippen molar-refractivity contribution in [3.05, 3.63) is 40.0 Å². The molecule has 0 fully saturated rings. The van der Waals surface area contributed by atoms with E-state index < -0.39 is 11.7 Å². The van der Waals surface area contributed by atoms with Crippen molar-refractivity contribution in [2.24, 2.45) is 0 Å². The van der Waals surface area contributed by atoms with Gasteiger partial charge in [-0.15, -0.1) is 11.3 Å². The maximum atomic E-state index is 12.4. The number of alkyl halides is 2. The molecule has 0 spiro atoms. The first-order valence-electron chi connectivity index (χ1n) is 5.65. The minimum atomic E-state index is -2.61. The molecule has 1 N–H and O–H groups in total. The smallest absolute Gasteiger partial charge is 0.290 e. The second kappa shape index (κ2) is 6.76. The fraction of sp³-hybridized carbons (Fsp3) is 0.250. The molecule has 0 aliphatic carbocycles. The lowest BCUT2D eigenvalue weighted by Crippen LogP contribution is -2.23. The van der Waals surface area contributed by atoms with Crippen molar-refractivity contribution in [1.29, 1.82) is 0 Å². The zero-order chi connectivity index (χ0) is 14.5. The van der Waals surface area contributed by atoms with Crippen LogP contribution in [0.15, 0.2) is 29.6 Å². The van der Waals surface area contributed by atoms with Crippen LogP contribution in [0.1, 0.15) is 20.2 Å². The summed E-state index contributed by atoms with van der Waals surface area (Å²) in [5.41, 5.74) is 0.152. The van der Waals surface area contributed by atoms with Crippen LogP contribution in [-0.2, 0) is 6.54 Å². The Kier molecular flexibility index (Phi) is 5.02. The number of halogens is 2. The summed E-state index contributed by atoms with van der Waals surface area (Å²) < 4.78 is 24.8. The number of nitrogens with zero attached hydrogens (tertiary/aromatic N) is 2. The summed E-state index contributed by atoms with van der Waals surface area (Å²) in [5, 5.41) is 3.61. The van der Waals surface area contributed by atoms with Crippen LogP contribution in [0.4, 0.5) is 8.78 Å². The van der Waals surface area contributed by atoms with Gasteiger partial charge in [-0.3, -0.25) is 4.79 Å². The summed E-state index contributed by atoms with van der Waals surface area (Å²) in [6.45, 7) is 2.19. The number of carbonyl (C=O) groups excluding carboxylic acids is 1. The fourth-order valence-electron chi connectivity index (χ4n) is 1.49. The van der Waals surface area contributed by atoms with E-state index in [4.69, 9.17) is 0 Å². The van der Waals surface area contributed by atoms with Crippen molar-refractivity contribution >= 4 is 29.0 Å². The third-order valence-electron chi connectivity index (χ3n) is 2.31. The lowest BCUT2D eigenvalue weighted by molar-refractivity contribution is 0.0947. The second-order valence-corrected chi connectivity index (χ2v) is 6.06. The van der Waals surface area contributed by atoms with Gasteiger partial charge in [0.05, 0.1) is 17.1 Å². The van der Waals surface area contributed by atoms with Crippen molar-refractivity contribution in [3.8, 4) is 0 Å². The highest BCUT2D eigenvalue weighted by molar-refractivity contribution is 7.99. The normalized spacial score (nSPS) is 10.8. The summed E-state index contributed by atoms with van der Waals surface area (Å²) in [6, 6.07) is 3.02. The maximum Gasteiger partial charge on any atom is 0.290 e. The van der Waals surface area contributed by atoms with Gasteiger partial charge in [-0.25, -0.2) is 9.97 Å². The summed E-state index contributed by atoms with van der Waals surface area (Å²) in [7, 11) is 0. The molecule has 106 valence electrons. The van der Waals surface area contributed by atoms with Gasteiger partial charge in [-0.1, -0.05) is 0 Å². The van der Waals surface area contributed by atoms with Crippen LogP contribution in [-0.4, -0.2) is 21.6 Å². The van der Waals surface area contributed by atoms with Gasteiger partial charge >= 0.3 is 0 Å². The predicted molar refractivity (Wildman–Crippen MR) is 74.1 cm³/mol. The van der Waals surface area contributed by atoms with E-state index in [1.54, 1.807) is 12.3 Å². The maximum absolute atomic E-state index is 12.4. The first-order chi connectivity index (χ1) is 9.56. The van der Waals surface area contributed by atoms with Crippen molar-refractivity contribution in [1.82, 2.24) is 15.3 Å². The van der Waals surface area contributed by atoms with E-state index in [1.165, 1.54) is 23.6 Å². The molecule has 0 unspecified atom stereocenters. The van der Waals surface area contributed by atoms with E-state index in [1.807, 2.05) is 6.92 Å². The highest BCUT2D eigenvalue weighted by atomic mass is 32.2. The summed E-state index contributed by atoms with van der Waals surface area (Å²) >= 11 is 1.74. The molecule has 0 aliphatic rings. The Labute approximate surface area is 122 Å². The van der Waals surface area contributed by atoms with Crippen LogP contribution in [0.5, 0.6) is 0 Å². The highest BCUT2D eigenvalue weighted by Crippen LogP contribution is 2.26. The summed E-state index contributed by atoms with van der Waals surface area (Å²) in [5.74, 6) is -3.03. The molecule has 20 heavy (non-hydrogen) atoms. The Balaban J connectivity index is 2.05. The van der Waals surface area contributed by atoms with E-state index in [0.717, 1.165) is 9.88 Å². The summed E-state index contributed by atoms with van der Waals surface area (Å²) in [4.78, 5) is 20.8. The molecule has 2 heterocycles. The Morgan fingerprint density at radius 2 is 2.30 bits per heavy atom. The number of hydrogen-bond acceptors (Lipinski definition) is 5. The standard InChI is InChI=1S/C12H11F2N3OS2/c1-7-16-5-8(19-7)6-17-10(18)9-3-2-4-15-11(9)20-12(13)14/h2-5,12H,6H2,1H3,(H,17,18). The Morgan fingerprint density at radius 1 is 1.50 bits per heavy atom. The van der Waals surface area contributed by atoms with Crippen LogP contribution in [0.25, 0.3) is 0 Å². The number of aromatic nitrogens is 2. The molecule has 0 aromatic carbocycles. The number of thioether (sulfide) groups is 1. The van der Waals surface area contributed by atoms with Gasteiger partial charge in [0.15, 0.2) is 0 Å². The van der Waals surface area contributed by atoms with Gasteiger partial charge in [0.25, 0.3) is 11.7 Å². The minimum absolute atomic E-state index is 0.0282. The second-order valence-electron chi connectivity index (χ2n) is 3.76. The van der Waals surface area contributed by atoms with Gasteiger partial charge in [0, 0.05) is 17.3 Å². The quantitative estimate of drug-likeness (QED) is 0.862. The van der Waals surface area contributed by atoms with Crippen molar-refractivity contribution in [2.75, 3.05) is 0 Å². The average molecular weight is 315 g/mol. The Hall–Kier alpha value is -1.54. The van der Waals surface area contributed by atoms with Gasteiger partial charge in [-0.05, 0) is 30.8 Å². The number of carbonyl (C=O) groups is 1. The minimum Gasteiger partial charge on any atom is -0.347 e. The molecule has 0 saturated heterocycles. The predicted octanol–water partition coefficient (Wildman–Crippen LogP) is 3.09. The third-order valence-corrected chi connectivity index (χ3v) is 3.95. The lowest BCUT2D eigenvalue weighted by Gasteiger charge is -2.07. The highest BCUT2D eigenvalue weighted by Gasteiger charge is 2.16. The number of nitrogens with one attached hydrogen (secondary N) is 1. The first-order valence-corrected chi connectivity index (χ1v) is 7.35. The van der Waals surface area contributed by atoms with Crippen LogP contribution in [0.3, 0.4) is 0 Å². The van der Waals surface area contributed by atoms with Gasteiger partial charge in [-0.2, -0.15) is 8.78 Å². The molecule has 0 atom stereocenters. The Bertz CT molecular complexity index is 604. The molecule has 8 heteroatoms. The Morgan fingerprint density at radius 3 is 2.95 bits per heavy atom. The number of rotatable bonds is 5. The average Bonchev–Trinajstić information content (AvgIpc) is 2.82. The fourth-order valence-corrected chi connectivity index (χ4v) is 2.80. The molecule has 1 amide bonds. The molecular weight excluding hydrogens is 304 g/mol. The third kappa shape index (κ3) is 3.97. The van der Waals surface area contributed by atoms with E-state index in [2.05, 4.69) is 15.3 Å². The number of pyridine rings is 1. The van der Waals surface area contributed by atoms with Crippen molar-refractivity contribution in [2.45, 2.75) is 24.3 Å². The van der Waals surface area contributed by atoms with E-state index in [9.17, 15) is 13.6 Å². The van der Waals surface area contributed by atoms with Crippen LogP contribution >= 0.6 is 23.1 Å². The molecule has 0 saturated carbocycles. The van der Waals surface area contributed by atoms with Crippen molar-refractivity contribution in [3.63, 3.8) is 0 Å². The molecule has 0 bridgehead atoms. The number of aryl methyl sites for hydroxylation is 1. The van der Waals surface area contributed by atoms with Crippen molar-refractivity contribution < 1.29 is 13.6 Å². The zero-order valence-corrected chi connectivity index (χ0v) is 12.1. The topological polar surface area (TPSA) is 54.9 Å². The monoisotopic (exact) mass is 315 g/mol. The number of amides is 1. The molecule has 2 rings (SSSR count). The van der Waals surface area contributed by atoms with E-state index in [0.29, 0.717) is 6.54 Å². The molecule has 2 aromatic heterocycles.